The summed E-state index contributed by atoms with van der Waals surface area (Å²) in [6, 6.07) is 29.8. The summed E-state index contributed by atoms with van der Waals surface area (Å²) in [6.45, 7) is 2.19. The van der Waals surface area contributed by atoms with Crippen LogP contribution < -0.4 is 0 Å². The zero-order chi connectivity index (χ0) is 22.4. The van der Waals surface area contributed by atoms with Crippen LogP contribution >= 0.6 is 0 Å². The van der Waals surface area contributed by atoms with E-state index < -0.39 is 0 Å². The van der Waals surface area contributed by atoms with Gasteiger partial charge in [0.05, 0.1) is 12.1 Å². The molecule has 2 atom stereocenters. The van der Waals surface area contributed by atoms with Gasteiger partial charge in [-0.1, -0.05) is 104 Å². The minimum Gasteiger partial charge on any atom is -0.312 e. The van der Waals surface area contributed by atoms with Crippen LogP contribution in [-0.2, 0) is 0 Å². The van der Waals surface area contributed by atoms with Crippen molar-refractivity contribution in [1.29, 1.82) is 0 Å². The molecule has 1 aliphatic carbocycles. The Morgan fingerprint density at radius 3 is 1.88 bits per heavy atom. The molecule has 2 nitrogen and oxygen atoms in total. The fourth-order valence-corrected chi connectivity index (χ4v) is 6.33. The van der Waals surface area contributed by atoms with Crippen LogP contribution in [0, 0.1) is 6.92 Å². The van der Waals surface area contributed by atoms with Gasteiger partial charge in [-0.25, -0.2) is 0 Å². The molecule has 2 aliphatic rings. The lowest BCUT2D eigenvalue weighted by atomic mass is 9.74. The highest BCUT2D eigenvalue weighted by molar-refractivity contribution is 5.93. The number of nitrogens with zero attached hydrogens (tertiary/aromatic N) is 1. The first-order valence-electron chi connectivity index (χ1n) is 12.4. The van der Waals surface area contributed by atoms with E-state index in [9.17, 15) is 5.21 Å². The highest BCUT2D eigenvalue weighted by atomic mass is 16.5. The van der Waals surface area contributed by atoms with E-state index in [1.807, 2.05) is 6.07 Å². The van der Waals surface area contributed by atoms with Crippen molar-refractivity contribution < 1.29 is 5.21 Å². The first-order chi connectivity index (χ1) is 16.2. The van der Waals surface area contributed by atoms with Crippen molar-refractivity contribution >= 4 is 10.8 Å². The maximum Gasteiger partial charge on any atom is 0.0869 e. The van der Waals surface area contributed by atoms with Crippen LogP contribution in [-0.4, -0.2) is 10.3 Å². The molecule has 33 heavy (non-hydrogen) atoms. The van der Waals surface area contributed by atoms with E-state index in [2.05, 4.69) is 85.8 Å². The molecule has 0 bridgehead atoms. The van der Waals surface area contributed by atoms with Crippen molar-refractivity contribution in [3.8, 4) is 0 Å². The van der Waals surface area contributed by atoms with Crippen molar-refractivity contribution in [3.05, 3.63) is 118 Å². The Kier molecular flexibility index (Phi) is 5.28. The SMILES string of the molecule is Cc1ccc2ccc(C3CCCCC3)c3c2c1C(c1ccccc1)N(O)C3c1ccccc1. The van der Waals surface area contributed by atoms with E-state index in [-0.39, 0.29) is 12.1 Å². The zero-order valence-corrected chi connectivity index (χ0v) is 19.2. The number of hydroxylamine groups is 2. The molecule has 0 spiro atoms. The van der Waals surface area contributed by atoms with E-state index in [4.69, 9.17) is 0 Å². The second kappa shape index (κ2) is 8.44. The van der Waals surface area contributed by atoms with Gasteiger partial charge in [-0.2, -0.15) is 5.06 Å². The zero-order valence-electron chi connectivity index (χ0n) is 19.2. The number of aryl methyl sites for hydroxylation is 1. The monoisotopic (exact) mass is 433 g/mol. The summed E-state index contributed by atoms with van der Waals surface area (Å²) in [5.74, 6) is 0.569. The quantitative estimate of drug-likeness (QED) is 0.353. The molecule has 4 aromatic rings. The van der Waals surface area contributed by atoms with Crippen LogP contribution in [0.4, 0.5) is 0 Å². The second-order valence-corrected chi connectivity index (χ2v) is 9.80. The largest absolute Gasteiger partial charge is 0.312 e. The van der Waals surface area contributed by atoms with Gasteiger partial charge < -0.3 is 5.21 Å². The van der Waals surface area contributed by atoms with Crippen LogP contribution in [0.25, 0.3) is 10.8 Å². The highest BCUT2D eigenvalue weighted by Crippen LogP contribution is 2.51. The van der Waals surface area contributed by atoms with Crippen molar-refractivity contribution in [1.82, 2.24) is 5.06 Å². The predicted molar refractivity (Wildman–Crippen MR) is 135 cm³/mol. The third kappa shape index (κ3) is 3.40. The van der Waals surface area contributed by atoms with Gasteiger partial charge >= 0.3 is 0 Å². The minimum atomic E-state index is -0.200. The van der Waals surface area contributed by atoms with Crippen molar-refractivity contribution in [2.45, 2.75) is 57.0 Å². The average Bonchev–Trinajstić information content (AvgIpc) is 2.87. The Hall–Kier alpha value is -2.94. The molecule has 0 saturated heterocycles. The Balaban J connectivity index is 1.70. The number of rotatable bonds is 3. The van der Waals surface area contributed by atoms with Crippen LogP contribution in [0.3, 0.4) is 0 Å². The lowest BCUT2D eigenvalue weighted by Crippen LogP contribution is -2.36. The van der Waals surface area contributed by atoms with Crippen molar-refractivity contribution in [2.24, 2.45) is 0 Å². The summed E-state index contributed by atoms with van der Waals surface area (Å²) in [6.07, 6.45) is 6.43. The van der Waals surface area contributed by atoms with Gasteiger partial charge in [0.2, 0.25) is 0 Å². The Morgan fingerprint density at radius 1 is 0.667 bits per heavy atom. The molecule has 0 radical (unpaired) electrons. The molecule has 4 aromatic carbocycles. The first kappa shape index (κ1) is 20.7. The minimum absolute atomic E-state index is 0.189. The molecule has 1 N–H and O–H groups in total. The van der Waals surface area contributed by atoms with Gasteiger partial charge in [-0.15, -0.1) is 0 Å². The van der Waals surface area contributed by atoms with Crippen molar-refractivity contribution in [3.63, 3.8) is 0 Å². The second-order valence-electron chi connectivity index (χ2n) is 9.80. The van der Waals surface area contributed by atoms with Gasteiger partial charge in [0.15, 0.2) is 0 Å². The van der Waals surface area contributed by atoms with Crippen LogP contribution in [0.15, 0.2) is 84.9 Å². The molecule has 1 saturated carbocycles. The molecule has 1 heterocycles. The summed E-state index contributed by atoms with van der Waals surface area (Å²) in [5, 5.41) is 16.3. The predicted octanol–water partition coefficient (Wildman–Crippen LogP) is 8.08. The average molecular weight is 434 g/mol. The van der Waals surface area contributed by atoms with Gasteiger partial charge in [0.25, 0.3) is 0 Å². The third-order valence-electron chi connectivity index (χ3n) is 7.87. The Morgan fingerprint density at radius 2 is 1.24 bits per heavy atom. The topological polar surface area (TPSA) is 23.5 Å². The molecule has 1 aliphatic heterocycles. The number of hydrogen-bond acceptors (Lipinski definition) is 2. The van der Waals surface area contributed by atoms with Crippen LogP contribution in [0.2, 0.25) is 0 Å². The summed E-state index contributed by atoms with van der Waals surface area (Å²) in [4.78, 5) is 0. The smallest absolute Gasteiger partial charge is 0.0869 e. The van der Waals surface area contributed by atoms with Gasteiger partial charge in [-0.05, 0) is 69.8 Å². The molecule has 1 fully saturated rings. The van der Waals surface area contributed by atoms with E-state index in [0.29, 0.717) is 5.92 Å². The standard InChI is InChI=1S/C31H31NO/c1-21-17-18-23-19-20-26(22-11-5-2-6-12-22)29-28(23)27(21)30(24-13-7-3-8-14-24)32(33)31(29)25-15-9-4-10-16-25/h3-4,7-10,13-20,22,30-31,33H,2,5-6,11-12H2,1H3. The highest BCUT2D eigenvalue weighted by Gasteiger charge is 2.40. The van der Waals surface area contributed by atoms with Gasteiger partial charge in [0.1, 0.15) is 0 Å². The summed E-state index contributed by atoms with van der Waals surface area (Å²) < 4.78 is 0. The van der Waals surface area contributed by atoms with E-state index >= 15 is 0 Å². The molecular formula is C31H31NO. The first-order valence-corrected chi connectivity index (χ1v) is 12.4. The van der Waals surface area contributed by atoms with E-state index in [0.717, 1.165) is 11.1 Å². The molecule has 0 aromatic heterocycles. The maximum atomic E-state index is 12.0. The fourth-order valence-electron chi connectivity index (χ4n) is 6.33. The number of hydrogen-bond donors (Lipinski definition) is 1. The van der Waals surface area contributed by atoms with Gasteiger partial charge in [-0.3, -0.25) is 0 Å². The summed E-state index contributed by atoms with van der Waals surface area (Å²) in [5.41, 5.74) is 7.53. The lowest BCUT2D eigenvalue weighted by molar-refractivity contribution is -0.145. The molecule has 2 heteroatoms. The van der Waals surface area contributed by atoms with Crippen LogP contribution in [0.5, 0.6) is 0 Å². The third-order valence-corrected chi connectivity index (χ3v) is 7.87. The van der Waals surface area contributed by atoms with E-state index in [1.165, 1.54) is 65.1 Å². The maximum absolute atomic E-state index is 12.0. The Bertz CT molecular complexity index is 1270. The van der Waals surface area contributed by atoms with E-state index in [1.54, 1.807) is 5.06 Å². The van der Waals surface area contributed by atoms with Crippen molar-refractivity contribution in [2.75, 3.05) is 0 Å². The molecule has 6 rings (SSSR count). The molecule has 2 unspecified atom stereocenters. The summed E-state index contributed by atoms with van der Waals surface area (Å²) in [7, 11) is 0. The lowest BCUT2D eigenvalue weighted by Gasteiger charge is -2.42. The van der Waals surface area contributed by atoms with Gasteiger partial charge in [0, 0.05) is 0 Å². The number of benzene rings is 4. The molecule has 0 amide bonds. The molecule has 166 valence electrons. The summed E-state index contributed by atoms with van der Waals surface area (Å²) >= 11 is 0. The normalized spacial score (nSPS) is 21.4. The fraction of sp³-hybridized carbons (Fsp3) is 0.290. The molecular weight excluding hydrogens is 402 g/mol. The Labute approximate surface area is 196 Å². The van der Waals surface area contributed by atoms with Crippen LogP contribution in [0.1, 0.15) is 83.5 Å².